The van der Waals surface area contributed by atoms with E-state index in [1.165, 1.54) is 6.07 Å². The van der Waals surface area contributed by atoms with Crippen LogP contribution in [0.3, 0.4) is 0 Å². The molecule has 1 radical (unpaired) electrons. The predicted molar refractivity (Wildman–Crippen MR) is 55.9 cm³/mol. The normalized spacial score (nSPS) is 10.7. The Kier molecular flexibility index (Phi) is 4.08. The molecule has 0 bridgehead atoms. The quantitative estimate of drug-likeness (QED) is 0.768. The number of hydrogen-bond donors (Lipinski definition) is 1. The van der Waals surface area contributed by atoms with Gasteiger partial charge in [0.15, 0.2) is 0 Å². The Hall–Kier alpha value is -0.206. The van der Waals surface area contributed by atoms with E-state index in [0.29, 0.717) is 5.92 Å². The second-order valence-electron chi connectivity index (χ2n) is 3.95. The summed E-state index contributed by atoms with van der Waals surface area (Å²) < 4.78 is 13.0. The van der Waals surface area contributed by atoms with Crippen molar-refractivity contribution in [1.29, 1.82) is 0 Å². The van der Waals surface area contributed by atoms with Crippen LogP contribution in [0, 0.1) is 18.8 Å². The van der Waals surface area contributed by atoms with Crippen LogP contribution >= 0.6 is 0 Å². The van der Waals surface area contributed by atoms with Crippen LogP contribution in [0.5, 0.6) is 0 Å². The van der Waals surface area contributed by atoms with Crippen LogP contribution in [-0.2, 0) is 32.7 Å². The molecule has 0 aliphatic carbocycles. The molecule has 1 N–H and O–H groups in total. The van der Waals surface area contributed by atoms with Gasteiger partial charge in [0.2, 0.25) is 0 Å². The van der Waals surface area contributed by atoms with Gasteiger partial charge in [-0.3, -0.25) is 0 Å². The molecule has 0 aliphatic rings. The van der Waals surface area contributed by atoms with Crippen molar-refractivity contribution in [2.45, 2.75) is 26.7 Å². The van der Waals surface area contributed by atoms with E-state index in [0.717, 1.165) is 22.2 Å². The van der Waals surface area contributed by atoms with Gasteiger partial charge in [0.25, 0.3) is 0 Å². The second-order valence-corrected chi connectivity index (χ2v) is 3.95. The van der Waals surface area contributed by atoms with Gasteiger partial charge in [-0.2, -0.15) is 0 Å². The van der Waals surface area contributed by atoms with Gasteiger partial charge in [0.1, 0.15) is 0 Å². The molecule has 0 amide bonds. The average molecular weight is 279 g/mol. The first-order valence-electron chi connectivity index (χ1n) is 4.79. The molecule has 1 aromatic heterocycles. The zero-order valence-electron chi connectivity index (χ0n) is 9.19. The fourth-order valence-corrected chi connectivity index (χ4v) is 1.64. The fourth-order valence-electron chi connectivity index (χ4n) is 1.64. The number of halogens is 1. The Balaban J connectivity index is 0.00000112. The molecular formula is C12H13FNY-. The van der Waals surface area contributed by atoms with Crippen LogP contribution in [0.25, 0.3) is 10.9 Å². The average Bonchev–Trinajstić information content (AvgIpc) is 2.47. The summed E-state index contributed by atoms with van der Waals surface area (Å²) in [6.45, 7) is 6.09. The van der Waals surface area contributed by atoms with Crippen molar-refractivity contribution in [3.8, 4) is 0 Å². The van der Waals surface area contributed by atoms with Gasteiger partial charge in [0, 0.05) is 44.2 Å². The van der Waals surface area contributed by atoms with Gasteiger partial charge in [-0.05, 0) is 5.92 Å². The van der Waals surface area contributed by atoms with Gasteiger partial charge in [-0.1, -0.05) is 32.4 Å². The summed E-state index contributed by atoms with van der Waals surface area (Å²) in [6.07, 6.45) is 0. The third kappa shape index (κ3) is 2.48. The van der Waals surface area contributed by atoms with E-state index in [4.69, 9.17) is 0 Å². The maximum atomic E-state index is 13.0. The van der Waals surface area contributed by atoms with Crippen LogP contribution in [0.4, 0.5) is 4.39 Å². The Morgan fingerprint density at radius 3 is 2.60 bits per heavy atom. The minimum absolute atomic E-state index is 0. The molecule has 2 rings (SSSR count). The molecule has 0 unspecified atom stereocenters. The monoisotopic (exact) mass is 279 g/mol. The van der Waals surface area contributed by atoms with E-state index >= 15 is 0 Å². The standard InChI is InChI=1S/C12H13FN.Y/c1-7(2)11-6-9-5-10(13)4-8(3)12(9)14-11;/h5-7,14H,1-3H3;/q-1;. The molecule has 0 aliphatic heterocycles. The predicted octanol–water partition coefficient (Wildman–Crippen LogP) is 3.54. The molecule has 2 aromatic rings. The van der Waals surface area contributed by atoms with Crippen molar-refractivity contribution in [3.63, 3.8) is 0 Å². The van der Waals surface area contributed by atoms with Gasteiger partial charge >= 0.3 is 0 Å². The van der Waals surface area contributed by atoms with Crippen LogP contribution in [0.1, 0.15) is 31.0 Å². The third-order valence-corrected chi connectivity index (χ3v) is 2.46. The first-order chi connectivity index (χ1) is 6.58. The zero-order valence-corrected chi connectivity index (χ0v) is 12.0. The van der Waals surface area contributed by atoms with E-state index in [-0.39, 0.29) is 38.5 Å². The zero-order chi connectivity index (χ0) is 10.3. The minimum atomic E-state index is -0.288. The number of rotatable bonds is 1. The summed E-state index contributed by atoms with van der Waals surface area (Å²) in [5.74, 6) is 0.147. The fraction of sp³-hybridized carbons (Fsp3) is 0.333. The van der Waals surface area contributed by atoms with Crippen molar-refractivity contribution < 1.29 is 37.1 Å². The summed E-state index contributed by atoms with van der Waals surface area (Å²) in [5, 5.41) is 0.933. The number of aryl methyl sites for hydroxylation is 1. The first-order valence-corrected chi connectivity index (χ1v) is 4.79. The number of nitrogens with one attached hydrogen (secondary N) is 1. The second kappa shape index (κ2) is 4.75. The molecule has 0 fully saturated rings. The summed E-state index contributed by atoms with van der Waals surface area (Å²) >= 11 is 0. The molecule has 15 heavy (non-hydrogen) atoms. The maximum absolute atomic E-state index is 13.0. The SMILES string of the molecule is Cc1[c-]c(F)cc2cc(C(C)C)[nH]c12.[Y]. The van der Waals surface area contributed by atoms with Crippen LogP contribution in [-0.4, -0.2) is 4.98 Å². The molecule has 1 heterocycles. The summed E-state index contributed by atoms with van der Waals surface area (Å²) in [4.78, 5) is 3.29. The maximum Gasteiger partial charge on any atom is 0.0118 e. The topological polar surface area (TPSA) is 15.8 Å². The first kappa shape index (κ1) is 12.9. The number of benzene rings is 1. The molecular weight excluding hydrogens is 266 g/mol. The summed E-state index contributed by atoms with van der Waals surface area (Å²) in [5.41, 5.74) is 2.98. The molecule has 3 heteroatoms. The number of fused-ring (bicyclic) bond motifs is 1. The van der Waals surface area contributed by atoms with Gasteiger partial charge in [-0.15, -0.1) is 23.1 Å². The molecule has 77 valence electrons. The molecule has 0 spiro atoms. The van der Waals surface area contributed by atoms with E-state index in [1.54, 1.807) is 0 Å². The molecule has 0 atom stereocenters. The molecule has 1 aromatic carbocycles. The summed E-state index contributed by atoms with van der Waals surface area (Å²) in [6, 6.07) is 6.19. The largest absolute Gasteiger partial charge is 0.411 e. The number of aromatic nitrogens is 1. The van der Waals surface area contributed by atoms with Crippen molar-refractivity contribution in [3.05, 3.63) is 35.3 Å². The van der Waals surface area contributed by atoms with E-state index in [1.807, 2.05) is 13.0 Å². The minimum Gasteiger partial charge on any atom is -0.411 e. The van der Waals surface area contributed by atoms with E-state index in [2.05, 4.69) is 24.9 Å². The smallest absolute Gasteiger partial charge is 0.0118 e. The van der Waals surface area contributed by atoms with Gasteiger partial charge in [0.05, 0.1) is 0 Å². The third-order valence-electron chi connectivity index (χ3n) is 2.46. The number of H-pyrrole nitrogens is 1. The van der Waals surface area contributed by atoms with Gasteiger partial charge in [-0.25, -0.2) is 4.39 Å². The number of hydrogen-bond acceptors (Lipinski definition) is 0. The van der Waals surface area contributed by atoms with Crippen molar-refractivity contribution >= 4 is 10.9 Å². The molecule has 1 nitrogen and oxygen atoms in total. The Morgan fingerprint density at radius 2 is 2.00 bits per heavy atom. The van der Waals surface area contributed by atoms with Crippen molar-refractivity contribution in [2.75, 3.05) is 0 Å². The Bertz CT molecular complexity index is 474. The van der Waals surface area contributed by atoms with E-state index in [9.17, 15) is 4.39 Å². The molecule has 0 saturated carbocycles. The molecule has 0 saturated heterocycles. The number of aromatic amines is 1. The van der Waals surface area contributed by atoms with Gasteiger partial charge < -0.3 is 4.98 Å². The van der Waals surface area contributed by atoms with Crippen LogP contribution in [0.15, 0.2) is 12.1 Å². The van der Waals surface area contributed by atoms with Crippen molar-refractivity contribution in [1.82, 2.24) is 4.98 Å². The van der Waals surface area contributed by atoms with Crippen LogP contribution in [0.2, 0.25) is 0 Å². The van der Waals surface area contributed by atoms with Crippen molar-refractivity contribution in [2.24, 2.45) is 0 Å². The summed E-state index contributed by atoms with van der Waals surface area (Å²) in [7, 11) is 0. The van der Waals surface area contributed by atoms with E-state index < -0.39 is 0 Å². The van der Waals surface area contributed by atoms with Crippen LogP contribution < -0.4 is 0 Å². The Morgan fingerprint density at radius 1 is 1.33 bits per heavy atom. The Labute approximate surface area is 114 Å².